The van der Waals surface area contributed by atoms with E-state index in [0.29, 0.717) is 0 Å². The maximum absolute atomic E-state index is 2.43. The van der Waals surface area contributed by atoms with Gasteiger partial charge in [-0.2, -0.15) is 0 Å². The summed E-state index contributed by atoms with van der Waals surface area (Å²) in [6.07, 6.45) is 0. The summed E-state index contributed by atoms with van der Waals surface area (Å²) in [7, 11) is 0. The van der Waals surface area contributed by atoms with Crippen molar-refractivity contribution < 1.29 is 0 Å². The van der Waals surface area contributed by atoms with E-state index < -0.39 is 0 Å². The zero-order valence-electron chi connectivity index (χ0n) is 26.2. The van der Waals surface area contributed by atoms with Gasteiger partial charge in [-0.25, -0.2) is 0 Å². The summed E-state index contributed by atoms with van der Waals surface area (Å²) >= 11 is 0. The Hall–Kier alpha value is -5.66. The zero-order chi connectivity index (χ0) is 31.1. The molecule has 0 saturated carbocycles. The summed E-state index contributed by atoms with van der Waals surface area (Å²) in [6, 6.07) is 63.9. The predicted octanol–water partition coefficient (Wildman–Crippen LogP) is 12.5. The number of fused-ring (bicyclic) bond motifs is 2. The lowest BCUT2D eigenvalue weighted by Gasteiger charge is -2.42. The smallest absolute Gasteiger partial charge is 0.0502 e. The van der Waals surface area contributed by atoms with E-state index in [2.05, 4.69) is 195 Å². The minimum absolute atomic E-state index is 0.0808. The number of anilines is 3. The summed E-state index contributed by atoms with van der Waals surface area (Å²) in [5.41, 5.74) is 15.9. The molecule has 1 aliphatic rings. The van der Waals surface area contributed by atoms with Crippen LogP contribution in [0.4, 0.5) is 17.1 Å². The summed E-state index contributed by atoms with van der Waals surface area (Å²) in [5.74, 6) is 0. The standard InChI is InChI=1S/C45H35N/c1-45(2)41-23-9-11-25-43(41)46(44-26-12-10-24-42(44)45)40-22-14-21-36(31-40)34-19-13-20-35(27-34)39-29-37(32-15-5-3-6-16-32)28-38(30-39)33-17-7-4-8-18-33/h3-31H,1-2H3. The molecule has 0 spiro atoms. The number of para-hydroxylation sites is 2. The fourth-order valence-corrected chi connectivity index (χ4v) is 7.04. The fourth-order valence-electron chi connectivity index (χ4n) is 7.04. The van der Waals surface area contributed by atoms with Gasteiger partial charge in [-0.1, -0.05) is 141 Å². The summed E-state index contributed by atoms with van der Waals surface area (Å²) < 4.78 is 0. The van der Waals surface area contributed by atoms with Gasteiger partial charge in [0.2, 0.25) is 0 Å². The Labute approximate surface area is 272 Å². The molecule has 1 nitrogen and oxygen atoms in total. The predicted molar refractivity (Wildman–Crippen MR) is 195 cm³/mol. The molecule has 0 aromatic heterocycles. The molecule has 0 atom stereocenters. The van der Waals surface area contributed by atoms with E-state index in [1.807, 2.05) is 0 Å². The highest BCUT2D eigenvalue weighted by molar-refractivity contribution is 5.88. The Balaban J connectivity index is 1.23. The first-order valence-electron chi connectivity index (χ1n) is 16.0. The fraction of sp³-hybridized carbons (Fsp3) is 0.0667. The lowest BCUT2D eigenvalue weighted by Crippen LogP contribution is -2.30. The molecule has 1 heterocycles. The minimum Gasteiger partial charge on any atom is -0.310 e. The average molecular weight is 590 g/mol. The first-order valence-corrected chi connectivity index (χ1v) is 16.0. The molecule has 1 heteroatoms. The molecule has 0 bridgehead atoms. The van der Waals surface area contributed by atoms with Gasteiger partial charge in [0.05, 0.1) is 11.4 Å². The number of rotatable bonds is 5. The van der Waals surface area contributed by atoms with Gasteiger partial charge in [0.25, 0.3) is 0 Å². The van der Waals surface area contributed by atoms with Crippen molar-refractivity contribution >= 4 is 17.1 Å². The topological polar surface area (TPSA) is 3.24 Å². The molecule has 8 rings (SSSR count). The Morgan fingerprint density at radius 3 is 1.24 bits per heavy atom. The normalized spacial score (nSPS) is 13.1. The highest BCUT2D eigenvalue weighted by Crippen LogP contribution is 2.51. The van der Waals surface area contributed by atoms with E-state index in [4.69, 9.17) is 0 Å². The van der Waals surface area contributed by atoms with Gasteiger partial charge in [0.15, 0.2) is 0 Å². The van der Waals surface area contributed by atoms with E-state index in [1.54, 1.807) is 0 Å². The molecule has 220 valence electrons. The molecular formula is C45H35N. The minimum atomic E-state index is -0.0808. The largest absolute Gasteiger partial charge is 0.310 e. The van der Waals surface area contributed by atoms with Crippen molar-refractivity contribution in [3.05, 3.63) is 187 Å². The van der Waals surface area contributed by atoms with Gasteiger partial charge >= 0.3 is 0 Å². The SMILES string of the molecule is CC1(C)c2ccccc2N(c2cccc(-c3cccc(-c4cc(-c5ccccc5)cc(-c5ccccc5)c4)c3)c2)c2ccccc21. The molecule has 1 aliphatic heterocycles. The average Bonchev–Trinajstić information content (AvgIpc) is 3.13. The van der Waals surface area contributed by atoms with Crippen molar-refractivity contribution in [1.29, 1.82) is 0 Å². The number of hydrogen-bond donors (Lipinski definition) is 0. The van der Waals surface area contributed by atoms with Crippen LogP contribution in [0.25, 0.3) is 44.5 Å². The Morgan fingerprint density at radius 1 is 0.326 bits per heavy atom. The second kappa shape index (κ2) is 11.4. The van der Waals surface area contributed by atoms with Gasteiger partial charge in [0, 0.05) is 11.1 Å². The van der Waals surface area contributed by atoms with E-state index >= 15 is 0 Å². The molecule has 0 radical (unpaired) electrons. The summed E-state index contributed by atoms with van der Waals surface area (Å²) in [5, 5.41) is 0. The van der Waals surface area contributed by atoms with Crippen LogP contribution in [-0.4, -0.2) is 0 Å². The first-order chi connectivity index (χ1) is 22.6. The molecule has 7 aromatic carbocycles. The summed E-state index contributed by atoms with van der Waals surface area (Å²) in [4.78, 5) is 2.43. The van der Waals surface area contributed by atoms with Crippen molar-refractivity contribution in [2.75, 3.05) is 4.90 Å². The van der Waals surface area contributed by atoms with Crippen molar-refractivity contribution in [3.63, 3.8) is 0 Å². The molecule has 0 fully saturated rings. The van der Waals surface area contributed by atoms with Crippen LogP contribution in [0, 0.1) is 0 Å². The van der Waals surface area contributed by atoms with Crippen LogP contribution in [0.5, 0.6) is 0 Å². The molecule has 0 saturated heterocycles. The quantitative estimate of drug-likeness (QED) is 0.193. The van der Waals surface area contributed by atoms with Gasteiger partial charge < -0.3 is 4.90 Å². The third kappa shape index (κ3) is 4.91. The van der Waals surface area contributed by atoms with Crippen molar-refractivity contribution in [1.82, 2.24) is 0 Å². The van der Waals surface area contributed by atoms with Crippen LogP contribution in [0.15, 0.2) is 176 Å². The van der Waals surface area contributed by atoms with Gasteiger partial charge in [-0.3, -0.25) is 0 Å². The highest BCUT2D eigenvalue weighted by Gasteiger charge is 2.36. The molecule has 46 heavy (non-hydrogen) atoms. The number of nitrogens with zero attached hydrogens (tertiary/aromatic N) is 1. The molecule has 7 aromatic rings. The molecule has 0 N–H and O–H groups in total. The molecule has 0 aliphatic carbocycles. The third-order valence-corrected chi connectivity index (χ3v) is 9.42. The third-order valence-electron chi connectivity index (χ3n) is 9.42. The Bertz CT molecular complexity index is 2070. The second-order valence-corrected chi connectivity index (χ2v) is 12.7. The van der Waals surface area contributed by atoms with Crippen LogP contribution >= 0.6 is 0 Å². The van der Waals surface area contributed by atoms with E-state index in [9.17, 15) is 0 Å². The monoisotopic (exact) mass is 589 g/mol. The molecular weight excluding hydrogens is 555 g/mol. The summed E-state index contributed by atoms with van der Waals surface area (Å²) in [6.45, 7) is 4.67. The van der Waals surface area contributed by atoms with Crippen LogP contribution in [0.2, 0.25) is 0 Å². The van der Waals surface area contributed by atoms with Crippen molar-refractivity contribution in [2.45, 2.75) is 19.3 Å². The lowest BCUT2D eigenvalue weighted by atomic mass is 9.73. The maximum Gasteiger partial charge on any atom is 0.0502 e. The van der Waals surface area contributed by atoms with Gasteiger partial charge in [-0.05, 0) is 104 Å². The lowest BCUT2D eigenvalue weighted by molar-refractivity contribution is 0.632. The highest BCUT2D eigenvalue weighted by atomic mass is 15.2. The van der Waals surface area contributed by atoms with Gasteiger partial charge in [0.1, 0.15) is 0 Å². The van der Waals surface area contributed by atoms with Gasteiger partial charge in [-0.15, -0.1) is 0 Å². The molecule has 0 amide bonds. The Morgan fingerprint density at radius 2 is 0.696 bits per heavy atom. The van der Waals surface area contributed by atoms with Crippen molar-refractivity contribution in [2.24, 2.45) is 0 Å². The van der Waals surface area contributed by atoms with E-state index in [-0.39, 0.29) is 5.41 Å². The zero-order valence-corrected chi connectivity index (χ0v) is 26.2. The van der Waals surface area contributed by atoms with Crippen molar-refractivity contribution in [3.8, 4) is 44.5 Å². The maximum atomic E-state index is 2.43. The molecule has 0 unspecified atom stereocenters. The van der Waals surface area contributed by atoms with Crippen LogP contribution < -0.4 is 4.90 Å². The Kier molecular flexibility index (Phi) is 6.88. The van der Waals surface area contributed by atoms with E-state index in [0.717, 1.165) is 5.69 Å². The second-order valence-electron chi connectivity index (χ2n) is 12.7. The number of benzene rings is 7. The van der Waals surface area contributed by atoms with Crippen LogP contribution in [0.1, 0.15) is 25.0 Å². The first kappa shape index (κ1) is 27.9. The van der Waals surface area contributed by atoms with Crippen LogP contribution in [-0.2, 0) is 5.41 Å². The van der Waals surface area contributed by atoms with Crippen LogP contribution in [0.3, 0.4) is 0 Å². The van der Waals surface area contributed by atoms with E-state index in [1.165, 1.54) is 67.0 Å². The number of hydrogen-bond acceptors (Lipinski definition) is 1.